The summed E-state index contributed by atoms with van der Waals surface area (Å²) in [5.41, 5.74) is 1.38. The predicted molar refractivity (Wildman–Crippen MR) is 84.8 cm³/mol. The largest absolute Gasteiger partial charge is 0.299 e. The molecule has 3 heteroatoms. The molecule has 0 aromatic heterocycles. The average molecular weight is 301 g/mol. The van der Waals surface area contributed by atoms with Gasteiger partial charge in [0.05, 0.1) is 5.92 Å². The van der Waals surface area contributed by atoms with E-state index in [4.69, 9.17) is 11.6 Å². The van der Waals surface area contributed by atoms with E-state index in [1.165, 1.54) is 6.92 Å². The Bertz CT molecular complexity index is 649. The van der Waals surface area contributed by atoms with Gasteiger partial charge in [-0.15, -0.1) is 0 Å². The summed E-state index contributed by atoms with van der Waals surface area (Å²) in [4.78, 5) is 24.7. The molecule has 0 aliphatic carbocycles. The van der Waals surface area contributed by atoms with Gasteiger partial charge in [0.2, 0.25) is 0 Å². The van der Waals surface area contributed by atoms with Gasteiger partial charge in [0, 0.05) is 10.6 Å². The fraction of sp³-hybridized carbons (Fsp3) is 0.222. The third kappa shape index (κ3) is 3.40. The lowest BCUT2D eigenvalue weighted by Gasteiger charge is -2.22. The molecule has 2 nitrogen and oxygen atoms in total. The second-order valence-corrected chi connectivity index (χ2v) is 5.54. The lowest BCUT2D eigenvalue weighted by Crippen LogP contribution is -2.27. The third-order valence-electron chi connectivity index (χ3n) is 3.67. The van der Waals surface area contributed by atoms with Crippen LogP contribution in [0.2, 0.25) is 5.02 Å². The quantitative estimate of drug-likeness (QED) is 0.600. The topological polar surface area (TPSA) is 34.1 Å². The summed E-state index contributed by atoms with van der Waals surface area (Å²) in [5.74, 6) is -1.28. The summed E-state index contributed by atoms with van der Waals surface area (Å²) in [5, 5.41) is 0.581. The number of halogens is 1. The second-order valence-electron chi connectivity index (χ2n) is 5.13. The highest BCUT2D eigenvalue weighted by Crippen LogP contribution is 2.32. The number of rotatable bonds is 5. The van der Waals surface area contributed by atoms with Crippen LogP contribution in [0.5, 0.6) is 0 Å². The van der Waals surface area contributed by atoms with Crippen molar-refractivity contribution in [2.24, 2.45) is 5.92 Å². The van der Waals surface area contributed by atoms with E-state index < -0.39 is 5.92 Å². The van der Waals surface area contributed by atoms with E-state index in [9.17, 15) is 9.59 Å². The van der Waals surface area contributed by atoms with Gasteiger partial charge in [0.15, 0.2) is 5.78 Å². The number of hydrogen-bond acceptors (Lipinski definition) is 2. The molecule has 108 valence electrons. The van der Waals surface area contributed by atoms with Gasteiger partial charge >= 0.3 is 0 Å². The maximum absolute atomic E-state index is 12.6. The number of ketones is 2. The summed E-state index contributed by atoms with van der Waals surface area (Å²) < 4.78 is 0. The van der Waals surface area contributed by atoms with Gasteiger partial charge in [-0.05, 0) is 24.5 Å². The van der Waals surface area contributed by atoms with E-state index in [0.717, 1.165) is 5.56 Å². The molecule has 0 bridgehead atoms. The smallest absolute Gasteiger partial charge is 0.173 e. The van der Waals surface area contributed by atoms with Gasteiger partial charge in [0.1, 0.15) is 5.78 Å². The maximum Gasteiger partial charge on any atom is 0.173 e. The zero-order chi connectivity index (χ0) is 15.4. The molecule has 21 heavy (non-hydrogen) atoms. The number of benzene rings is 2. The zero-order valence-electron chi connectivity index (χ0n) is 12.0. The van der Waals surface area contributed by atoms with Crippen molar-refractivity contribution < 1.29 is 9.59 Å². The van der Waals surface area contributed by atoms with Crippen molar-refractivity contribution in [2.75, 3.05) is 0 Å². The Morgan fingerprint density at radius 2 is 1.52 bits per heavy atom. The first-order valence-electron chi connectivity index (χ1n) is 6.86. The average Bonchev–Trinajstić information content (AvgIpc) is 2.48. The Kier molecular flexibility index (Phi) is 4.92. The maximum atomic E-state index is 12.6. The highest BCUT2D eigenvalue weighted by molar-refractivity contribution is 6.31. The van der Waals surface area contributed by atoms with Crippen molar-refractivity contribution in [2.45, 2.75) is 19.8 Å². The molecule has 0 saturated heterocycles. The SMILES string of the molecule is CC(=O)[C@@H](C(=O)c1ccccc1)[C@H](C)c1ccccc1Cl. The van der Waals surface area contributed by atoms with Gasteiger partial charge in [0.25, 0.3) is 0 Å². The Balaban J connectivity index is 2.38. The molecule has 2 rings (SSSR count). The number of carbonyl (C=O) groups excluding carboxylic acids is 2. The molecule has 0 N–H and O–H groups in total. The van der Waals surface area contributed by atoms with Crippen molar-refractivity contribution in [1.82, 2.24) is 0 Å². The van der Waals surface area contributed by atoms with Crippen molar-refractivity contribution in [3.05, 3.63) is 70.7 Å². The van der Waals surface area contributed by atoms with Crippen LogP contribution in [0.4, 0.5) is 0 Å². The molecular weight excluding hydrogens is 284 g/mol. The van der Waals surface area contributed by atoms with Crippen LogP contribution in [0.1, 0.15) is 35.7 Å². The van der Waals surface area contributed by atoms with Crippen LogP contribution in [0, 0.1) is 5.92 Å². The summed E-state index contributed by atoms with van der Waals surface area (Å²) in [6.07, 6.45) is 0. The van der Waals surface area contributed by atoms with Gasteiger partial charge in [-0.1, -0.05) is 67.1 Å². The fourth-order valence-electron chi connectivity index (χ4n) is 2.57. The highest BCUT2D eigenvalue weighted by atomic mass is 35.5. The van der Waals surface area contributed by atoms with Crippen molar-refractivity contribution in [3.8, 4) is 0 Å². The summed E-state index contributed by atoms with van der Waals surface area (Å²) >= 11 is 6.20. The summed E-state index contributed by atoms with van der Waals surface area (Å²) in [6.45, 7) is 3.33. The van der Waals surface area contributed by atoms with E-state index in [1.54, 1.807) is 30.3 Å². The molecule has 0 radical (unpaired) electrons. The molecule has 2 atom stereocenters. The monoisotopic (exact) mass is 300 g/mol. The van der Waals surface area contributed by atoms with E-state index >= 15 is 0 Å². The summed E-state index contributed by atoms with van der Waals surface area (Å²) in [7, 11) is 0. The minimum absolute atomic E-state index is 0.142. The lowest BCUT2D eigenvalue weighted by molar-refractivity contribution is -0.119. The molecule has 0 heterocycles. The molecule has 0 fully saturated rings. The van der Waals surface area contributed by atoms with E-state index in [2.05, 4.69) is 0 Å². The highest BCUT2D eigenvalue weighted by Gasteiger charge is 2.31. The Hall–Kier alpha value is -1.93. The van der Waals surface area contributed by atoms with E-state index in [0.29, 0.717) is 10.6 Å². The first-order chi connectivity index (χ1) is 10.0. The predicted octanol–water partition coefficient (Wildman–Crippen LogP) is 4.53. The standard InChI is InChI=1S/C18H17ClO2/c1-12(15-10-6-7-11-16(15)19)17(13(2)20)18(21)14-8-4-3-5-9-14/h3-12,17H,1-2H3/t12-,17+/m1/s1. The van der Waals surface area contributed by atoms with Crippen LogP contribution in [-0.2, 0) is 4.79 Å². The first-order valence-corrected chi connectivity index (χ1v) is 7.24. The molecule has 2 aromatic carbocycles. The molecule has 0 saturated carbocycles. The van der Waals surface area contributed by atoms with Crippen LogP contribution < -0.4 is 0 Å². The van der Waals surface area contributed by atoms with Crippen LogP contribution >= 0.6 is 11.6 Å². The number of hydrogen-bond donors (Lipinski definition) is 0. The van der Waals surface area contributed by atoms with Gasteiger partial charge in [-0.3, -0.25) is 9.59 Å². The normalized spacial score (nSPS) is 13.5. The first kappa shape index (κ1) is 15.5. The molecule has 0 unspecified atom stereocenters. The minimum atomic E-state index is -0.715. The molecular formula is C18H17ClO2. The fourth-order valence-corrected chi connectivity index (χ4v) is 2.88. The van der Waals surface area contributed by atoms with Crippen molar-refractivity contribution in [3.63, 3.8) is 0 Å². The van der Waals surface area contributed by atoms with Crippen LogP contribution in [0.25, 0.3) is 0 Å². The molecule has 0 amide bonds. The van der Waals surface area contributed by atoms with Crippen molar-refractivity contribution >= 4 is 23.2 Å². The van der Waals surface area contributed by atoms with Crippen LogP contribution in [-0.4, -0.2) is 11.6 Å². The van der Waals surface area contributed by atoms with Crippen LogP contribution in [0.15, 0.2) is 54.6 Å². The van der Waals surface area contributed by atoms with Crippen molar-refractivity contribution in [1.29, 1.82) is 0 Å². The molecule has 0 aliphatic heterocycles. The second kappa shape index (κ2) is 6.68. The van der Waals surface area contributed by atoms with Crippen LogP contribution in [0.3, 0.4) is 0 Å². The molecule has 2 aromatic rings. The lowest BCUT2D eigenvalue weighted by atomic mass is 9.80. The Morgan fingerprint density at radius 3 is 2.10 bits per heavy atom. The van der Waals surface area contributed by atoms with E-state index in [1.807, 2.05) is 31.2 Å². The number of carbonyl (C=O) groups is 2. The number of Topliss-reactive ketones (excluding diaryl/α,β-unsaturated/α-hetero) is 2. The van der Waals surface area contributed by atoms with Gasteiger partial charge in [-0.2, -0.15) is 0 Å². The molecule has 0 spiro atoms. The summed E-state index contributed by atoms with van der Waals surface area (Å²) in [6, 6.07) is 16.2. The van der Waals surface area contributed by atoms with E-state index in [-0.39, 0.29) is 17.5 Å². The zero-order valence-corrected chi connectivity index (χ0v) is 12.8. The van der Waals surface area contributed by atoms with Gasteiger partial charge in [-0.25, -0.2) is 0 Å². The Morgan fingerprint density at radius 1 is 0.952 bits per heavy atom. The Labute approximate surface area is 129 Å². The third-order valence-corrected chi connectivity index (χ3v) is 4.02. The minimum Gasteiger partial charge on any atom is -0.299 e. The van der Waals surface area contributed by atoms with Gasteiger partial charge < -0.3 is 0 Å². The molecule has 0 aliphatic rings.